The number of anilines is 1. The SMILES string of the molecule is COc1ccccc1C(O)c1cccc(C)c1N. The summed E-state index contributed by atoms with van der Waals surface area (Å²) < 4.78 is 5.26. The fourth-order valence-electron chi connectivity index (χ4n) is 2.00. The summed E-state index contributed by atoms with van der Waals surface area (Å²) in [4.78, 5) is 0. The molecule has 1 atom stereocenters. The van der Waals surface area contributed by atoms with Gasteiger partial charge in [-0.05, 0) is 18.6 Å². The van der Waals surface area contributed by atoms with Crippen molar-refractivity contribution in [2.75, 3.05) is 12.8 Å². The van der Waals surface area contributed by atoms with E-state index in [0.717, 1.165) is 11.1 Å². The molecule has 0 bridgehead atoms. The van der Waals surface area contributed by atoms with Crippen LogP contribution >= 0.6 is 0 Å². The van der Waals surface area contributed by atoms with Crippen molar-refractivity contribution in [2.24, 2.45) is 0 Å². The molecule has 1 unspecified atom stereocenters. The van der Waals surface area contributed by atoms with Crippen molar-refractivity contribution < 1.29 is 9.84 Å². The van der Waals surface area contributed by atoms with Gasteiger partial charge in [-0.15, -0.1) is 0 Å². The van der Waals surface area contributed by atoms with Crippen molar-refractivity contribution in [1.82, 2.24) is 0 Å². The van der Waals surface area contributed by atoms with Gasteiger partial charge < -0.3 is 15.6 Å². The van der Waals surface area contributed by atoms with Gasteiger partial charge in [-0.25, -0.2) is 0 Å². The van der Waals surface area contributed by atoms with Crippen molar-refractivity contribution in [2.45, 2.75) is 13.0 Å². The maximum atomic E-state index is 10.4. The first-order chi connectivity index (χ1) is 8.65. The average molecular weight is 243 g/mol. The molecule has 2 aromatic rings. The van der Waals surface area contributed by atoms with E-state index in [1.165, 1.54) is 0 Å². The number of aliphatic hydroxyl groups is 1. The lowest BCUT2D eigenvalue weighted by atomic mass is 9.97. The molecule has 0 aliphatic rings. The lowest BCUT2D eigenvalue weighted by Crippen LogP contribution is -2.06. The molecule has 94 valence electrons. The minimum atomic E-state index is -0.777. The van der Waals surface area contributed by atoms with Gasteiger partial charge in [0.2, 0.25) is 0 Å². The topological polar surface area (TPSA) is 55.5 Å². The maximum absolute atomic E-state index is 10.4. The van der Waals surface area contributed by atoms with Crippen LogP contribution in [0.25, 0.3) is 0 Å². The van der Waals surface area contributed by atoms with Crippen molar-refractivity contribution in [3.8, 4) is 5.75 Å². The molecule has 0 spiro atoms. The fourth-order valence-corrected chi connectivity index (χ4v) is 2.00. The number of hydrogen-bond donors (Lipinski definition) is 2. The Morgan fingerprint density at radius 2 is 1.72 bits per heavy atom. The van der Waals surface area contributed by atoms with E-state index in [0.29, 0.717) is 17.0 Å². The van der Waals surface area contributed by atoms with E-state index in [-0.39, 0.29) is 0 Å². The summed E-state index contributed by atoms with van der Waals surface area (Å²) in [5.74, 6) is 0.658. The van der Waals surface area contributed by atoms with Crippen molar-refractivity contribution in [3.63, 3.8) is 0 Å². The summed E-state index contributed by atoms with van der Waals surface area (Å²) in [5, 5.41) is 10.4. The normalized spacial score (nSPS) is 12.2. The molecule has 0 fully saturated rings. The van der Waals surface area contributed by atoms with Crippen LogP contribution in [0.1, 0.15) is 22.8 Å². The number of aliphatic hydroxyl groups excluding tert-OH is 1. The number of ether oxygens (including phenoxy) is 1. The van der Waals surface area contributed by atoms with Crippen LogP contribution in [-0.4, -0.2) is 12.2 Å². The van der Waals surface area contributed by atoms with Crippen LogP contribution in [0.5, 0.6) is 5.75 Å². The highest BCUT2D eigenvalue weighted by molar-refractivity contribution is 5.57. The van der Waals surface area contributed by atoms with E-state index < -0.39 is 6.10 Å². The predicted molar refractivity (Wildman–Crippen MR) is 72.6 cm³/mol. The molecule has 3 N–H and O–H groups in total. The Kier molecular flexibility index (Phi) is 3.53. The van der Waals surface area contributed by atoms with Gasteiger partial charge in [0.1, 0.15) is 11.9 Å². The molecule has 18 heavy (non-hydrogen) atoms. The highest BCUT2D eigenvalue weighted by Crippen LogP contribution is 2.33. The number of methoxy groups -OCH3 is 1. The third-order valence-electron chi connectivity index (χ3n) is 3.09. The van der Waals surface area contributed by atoms with E-state index in [2.05, 4.69) is 0 Å². The predicted octanol–water partition coefficient (Wildman–Crippen LogP) is 2.67. The number of benzene rings is 2. The quantitative estimate of drug-likeness (QED) is 0.815. The second-order valence-corrected chi connectivity index (χ2v) is 4.22. The highest BCUT2D eigenvalue weighted by Gasteiger charge is 2.17. The Hall–Kier alpha value is -2.00. The van der Waals surface area contributed by atoms with Gasteiger partial charge in [-0.1, -0.05) is 36.4 Å². The van der Waals surface area contributed by atoms with Gasteiger partial charge in [-0.2, -0.15) is 0 Å². The molecule has 2 rings (SSSR count). The molecule has 0 radical (unpaired) electrons. The third-order valence-corrected chi connectivity index (χ3v) is 3.09. The molecule has 0 amide bonds. The minimum absolute atomic E-state index is 0.621. The van der Waals surface area contributed by atoms with Crippen molar-refractivity contribution in [1.29, 1.82) is 0 Å². The molecule has 0 saturated carbocycles. The van der Waals surface area contributed by atoms with E-state index in [4.69, 9.17) is 10.5 Å². The van der Waals surface area contributed by atoms with Gasteiger partial charge in [0, 0.05) is 16.8 Å². The summed E-state index contributed by atoms with van der Waals surface area (Å²) in [6, 6.07) is 13.0. The van der Waals surface area contributed by atoms with Gasteiger partial charge in [0.15, 0.2) is 0 Å². The number of nitrogen functional groups attached to an aromatic ring is 1. The number of aryl methyl sites for hydroxylation is 1. The van der Waals surface area contributed by atoms with Crippen LogP contribution in [0.3, 0.4) is 0 Å². The number of hydrogen-bond acceptors (Lipinski definition) is 3. The summed E-state index contributed by atoms with van der Waals surface area (Å²) in [6.07, 6.45) is -0.777. The number of nitrogens with two attached hydrogens (primary N) is 1. The molecule has 3 heteroatoms. The van der Waals surface area contributed by atoms with Crippen LogP contribution in [0.15, 0.2) is 42.5 Å². The fraction of sp³-hybridized carbons (Fsp3) is 0.200. The minimum Gasteiger partial charge on any atom is -0.496 e. The van der Waals surface area contributed by atoms with E-state index in [9.17, 15) is 5.11 Å². The Bertz CT molecular complexity index is 552. The zero-order valence-electron chi connectivity index (χ0n) is 10.6. The second-order valence-electron chi connectivity index (χ2n) is 4.22. The van der Waals surface area contributed by atoms with Gasteiger partial charge >= 0.3 is 0 Å². The summed E-state index contributed by atoms with van der Waals surface area (Å²) in [7, 11) is 1.59. The molecule has 0 aromatic heterocycles. The monoisotopic (exact) mass is 243 g/mol. The van der Waals surface area contributed by atoms with Crippen LogP contribution in [0.2, 0.25) is 0 Å². The first-order valence-corrected chi connectivity index (χ1v) is 5.81. The smallest absolute Gasteiger partial charge is 0.125 e. The molecule has 0 aliphatic carbocycles. The largest absolute Gasteiger partial charge is 0.496 e. The molecule has 0 saturated heterocycles. The van der Waals surface area contributed by atoms with Crippen LogP contribution in [0.4, 0.5) is 5.69 Å². The molecular weight excluding hydrogens is 226 g/mol. The van der Waals surface area contributed by atoms with E-state index in [1.807, 2.05) is 49.4 Å². The highest BCUT2D eigenvalue weighted by atomic mass is 16.5. The zero-order chi connectivity index (χ0) is 13.1. The first kappa shape index (κ1) is 12.5. The summed E-state index contributed by atoms with van der Waals surface area (Å²) in [5.41, 5.74) is 9.02. The standard InChI is InChI=1S/C15H17NO2/c1-10-6-5-8-12(14(10)16)15(17)11-7-3-4-9-13(11)18-2/h3-9,15,17H,16H2,1-2H3. The Labute approximate surface area is 107 Å². The molecule has 3 nitrogen and oxygen atoms in total. The zero-order valence-corrected chi connectivity index (χ0v) is 10.6. The Balaban J connectivity index is 2.48. The van der Waals surface area contributed by atoms with Gasteiger partial charge in [0.05, 0.1) is 7.11 Å². The molecule has 0 heterocycles. The Morgan fingerprint density at radius 3 is 2.44 bits per heavy atom. The molecule has 0 aliphatic heterocycles. The van der Waals surface area contributed by atoms with Crippen LogP contribution < -0.4 is 10.5 Å². The Morgan fingerprint density at radius 1 is 1.06 bits per heavy atom. The van der Waals surface area contributed by atoms with E-state index >= 15 is 0 Å². The second kappa shape index (κ2) is 5.10. The third kappa shape index (κ3) is 2.17. The lowest BCUT2D eigenvalue weighted by molar-refractivity contribution is 0.215. The maximum Gasteiger partial charge on any atom is 0.125 e. The van der Waals surface area contributed by atoms with Gasteiger partial charge in [0.25, 0.3) is 0 Å². The van der Waals surface area contributed by atoms with Crippen molar-refractivity contribution >= 4 is 5.69 Å². The van der Waals surface area contributed by atoms with Crippen molar-refractivity contribution in [3.05, 3.63) is 59.2 Å². The first-order valence-electron chi connectivity index (χ1n) is 5.81. The van der Waals surface area contributed by atoms with E-state index in [1.54, 1.807) is 7.11 Å². The molecular formula is C15H17NO2. The molecule has 2 aromatic carbocycles. The van der Waals surface area contributed by atoms with Crippen LogP contribution in [0, 0.1) is 6.92 Å². The van der Waals surface area contributed by atoms with Gasteiger partial charge in [-0.3, -0.25) is 0 Å². The number of para-hydroxylation sites is 2. The average Bonchev–Trinajstić information content (AvgIpc) is 2.41. The number of rotatable bonds is 3. The lowest BCUT2D eigenvalue weighted by Gasteiger charge is -2.17. The summed E-state index contributed by atoms with van der Waals surface area (Å²) in [6.45, 7) is 1.92. The summed E-state index contributed by atoms with van der Waals surface area (Å²) >= 11 is 0. The van der Waals surface area contributed by atoms with Crippen LogP contribution in [-0.2, 0) is 0 Å².